The van der Waals surface area contributed by atoms with Gasteiger partial charge in [-0.15, -0.1) is 0 Å². The van der Waals surface area contributed by atoms with E-state index >= 15 is 0 Å². The minimum Gasteiger partial charge on any atom is -0.489 e. The number of benzene rings is 2. The summed E-state index contributed by atoms with van der Waals surface area (Å²) >= 11 is 0. The van der Waals surface area contributed by atoms with E-state index in [1.807, 2.05) is 54.6 Å². The standard InChI is InChI=1S/C17H19N3O/c1-2-12-21-16-11-7-6-8-14(16)13-19-17(18)20-15-9-4-3-5-10-15/h2-11H,1,12-13H2,(H3,18,19,20). The molecular weight excluding hydrogens is 262 g/mol. The minimum absolute atomic E-state index is 0.375. The van der Waals surface area contributed by atoms with Crippen molar-refractivity contribution in [1.82, 2.24) is 0 Å². The Labute approximate surface area is 125 Å². The first-order valence-electron chi connectivity index (χ1n) is 6.73. The normalized spacial score (nSPS) is 11.0. The Kier molecular flexibility index (Phi) is 5.41. The topological polar surface area (TPSA) is 59.6 Å². The van der Waals surface area contributed by atoms with E-state index in [9.17, 15) is 0 Å². The molecule has 0 aliphatic heterocycles. The zero-order chi connectivity index (χ0) is 14.9. The molecule has 2 rings (SSSR count). The van der Waals surface area contributed by atoms with Crippen LogP contribution in [0, 0.1) is 0 Å². The van der Waals surface area contributed by atoms with E-state index in [1.165, 1.54) is 0 Å². The van der Waals surface area contributed by atoms with Crippen LogP contribution in [0.5, 0.6) is 5.75 Å². The first-order chi connectivity index (χ1) is 10.3. The summed E-state index contributed by atoms with van der Waals surface area (Å²) in [5.74, 6) is 1.17. The largest absolute Gasteiger partial charge is 0.489 e. The number of anilines is 1. The van der Waals surface area contributed by atoms with Crippen LogP contribution < -0.4 is 15.8 Å². The summed E-state index contributed by atoms with van der Waals surface area (Å²) in [7, 11) is 0. The van der Waals surface area contributed by atoms with Gasteiger partial charge >= 0.3 is 0 Å². The van der Waals surface area contributed by atoms with Crippen molar-refractivity contribution in [2.45, 2.75) is 6.54 Å². The van der Waals surface area contributed by atoms with Crippen LogP contribution in [0.25, 0.3) is 0 Å². The third-order valence-corrected chi connectivity index (χ3v) is 2.80. The molecule has 0 amide bonds. The molecule has 0 radical (unpaired) electrons. The molecule has 0 fully saturated rings. The average Bonchev–Trinajstić information content (AvgIpc) is 2.52. The van der Waals surface area contributed by atoms with Crippen molar-refractivity contribution >= 4 is 11.6 Å². The fourth-order valence-electron chi connectivity index (χ4n) is 1.80. The van der Waals surface area contributed by atoms with Crippen molar-refractivity contribution < 1.29 is 4.74 Å². The molecule has 0 heterocycles. The molecule has 108 valence electrons. The molecule has 0 aliphatic carbocycles. The molecule has 2 aromatic rings. The van der Waals surface area contributed by atoms with Crippen LogP contribution in [0.4, 0.5) is 5.69 Å². The number of ether oxygens (including phenoxy) is 1. The van der Waals surface area contributed by atoms with Gasteiger partial charge in [0.2, 0.25) is 0 Å². The van der Waals surface area contributed by atoms with E-state index < -0.39 is 0 Å². The van der Waals surface area contributed by atoms with Crippen LogP contribution >= 0.6 is 0 Å². The number of nitrogens with zero attached hydrogens (tertiary/aromatic N) is 1. The summed E-state index contributed by atoms with van der Waals surface area (Å²) in [5, 5.41) is 3.05. The summed E-state index contributed by atoms with van der Waals surface area (Å²) < 4.78 is 5.59. The van der Waals surface area contributed by atoms with Gasteiger partial charge < -0.3 is 15.8 Å². The third-order valence-electron chi connectivity index (χ3n) is 2.80. The number of hydrogen-bond donors (Lipinski definition) is 2. The highest BCUT2D eigenvalue weighted by atomic mass is 16.5. The van der Waals surface area contributed by atoms with Crippen molar-refractivity contribution in [2.75, 3.05) is 11.9 Å². The smallest absolute Gasteiger partial charge is 0.193 e. The maximum absolute atomic E-state index is 5.89. The van der Waals surface area contributed by atoms with Crippen molar-refractivity contribution in [3.8, 4) is 5.75 Å². The van der Waals surface area contributed by atoms with E-state index in [-0.39, 0.29) is 0 Å². The fraction of sp³-hybridized carbons (Fsp3) is 0.118. The molecule has 0 aromatic heterocycles. The van der Waals surface area contributed by atoms with Gasteiger partial charge in [-0.1, -0.05) is 49.1 Å². The van der Waals surface area contributed by atoms with Crippen LogP contribution in [0.2, 0.25) is 0 Å². The van der Waals surface area contributed by atoms with Gasteiger partial charge in [-0.25, -0.2) is 4.99 Å². The van der Waals surface area contributed by atoms with E-state index in [2.05, 4.69) is 16.9 Å². The average molecular weight is 281 g/mol. The Bertz CT molecular complexity index is 608. The summed E-state index contributed by atoms with van der Waals surface area (Å²) in [5.41, 5.74) is 7.78. The third kappa shape index (κ3) is 4.69. The zero-order valence-corrected chi connectivity index (χ0v) is 11.8. The highest BCUT2D eigenvalue weighted by Crippen LogP contribution is 2.18. The second kappa shape index (κ2) is 7.75. The molecule has 0 spiro atoms. The number of nitrogens with two attached hydrogens (primary N) is 1. The number of aliphatic imine (C=N–C) groups is 1. The molecule has 3 N–H and O–H groups in total. The Hall–Kier alpha value is -2.75. The second-order valence-corrected chi connectivity index (χ2v) is 4.40. The number of para-hydroxylation sites is 2. The molecular formula is C17H19N3O. The lowest BCUT2D eigenvalue weighted by molar-refractivity contribution is 0.359. The zero-order valence-electron chi connectivity index (χ0n) is 11.8. The molecule has 0 saturated carbocycles. The second-order valence-electron chi connectivity index (χ2n) is 4.40. The van der Waals surface area contributed by atoms with Crippen molar-refractivity contribution in [3.63, 3.8) is 0 Å². The van der Waals surface area contributed by atoms with Crippen molar-refractivity contribution in [2.24, 2.45) is 10.7 Å². The van der Waals surface area contributed by atoms with Crippen LogP contribution in [-0.4, -0.2) is 12.6 Å². The highest BCUT2D eigenvalue weighted by molar-refractivity contribution is 5.92. The maximum Gasteiger partial charge on any atom is 0.193 e. The lowest BCUT2D eigenvalue weighted by atomic mass is 10.2. The predicted octanol–water partition coefficient (Wildman–Crippen LogP) is 3.18. The van der Waals surface area contributed by atoms with Gasteiger partial charge in [-0.3, -0.25) is 0 Å². The number of hydrogen-bond acceptors (Lipinski definition) is 2. The molecule has 0 unspecified atom stereocenters. The van der Waals surface area contributed by atoms with Crippen LogP contribution in [0.3, 0.4) is 0 Å². The first kappa shape index (κ1) is 14.7. The van der Waals surface area contributed by atoms with Gasteiger partial charge in [0, 0.05) is 11.3 Å². The van der Waals surface area contributed by atoms with Gasteiger partial charge in [0.15, 0.2) is 5.96 Å². The van der Waals surface area contributed by atoms with E-state index in [1.54, 1.807) is 6.08 Å². The fourth-order valence-corrected chi connectivity index (χ4v) is 1.80. The molecule has 21 heavy (non-hydrogen) atoms. The Morgan fingerprint density at radius 3 is 2.62 bits per heavy atom. The van der Waals surface area contributed by atoms with Crippen LogP contribution in [0.15, 0.2) is 72.2 Å². The lowest BCUT2D eigenvalue weighted by Gasteiger charge is -2.09. The van der Waals surface area contributed by atoms with Gasteiger partial charge in [-0.05, 0) is 18.2 Å². The predicted molar refractivity (Wildman–Crippen MR) is 87.5 cm³/mol. The lowest BCUT2D eigenvalue weighted by Crippen LogP contribution is -2.22. The molecule has 2 aromatic carbocycles. The first-order valence-corrected chi connectivity index (χ1v) is 6.73. The molecule has 0 atom stereocenters. The van der Waals surface area contributed by atoms with Crippen molar-refractivity contribution in [3.05, 3.63) is 72.8 Å². The summed E-state index contributed by atoms with van der Waals surface area (Å²) in [6, 6.07) is 17.5. The van der Waals surface area contributed by atoms with Gasteiger partial charge in [0.25, 0.3) is 0 Å². The highest BCUT2D eigenvalue weighted by Gasteiger charge is 2.02. The van der Waals surface area contributed by atoms with Crippen molar-refractivity contribution in [1.29, 1.82) is 0 Å². The Morgan fingerprint density at radius 1 is 1.14 bits per heavy atom. The quantitative estimate of drug-likeness (QED) is 0.485. The SMILES string of the molecule is C=CCOc1ccccc1CN=C(N)Nc1ccccc1. The van der Waals surface area contributed by atoms with E-state index in [0.29, 0.717) is 19.1 Å². The Balaban J connectivity index is 2.01. The Morgan fingerprint density at radius 2 is 1.86 bits per heavy atom. The number of nitrogens with one attached hydrogen (secondary N) is 1. The van der Waals surface area contributed by atoms with E-state index in [4.69, 9.17) is 10.5 Å². The van der Waals surface area contributed by atoms with Gasteiger partial charge in [0.05, 0.1) is 6.54 Å². The summed E-state index contributed by atoms with van der Waals surface area (Å²) in [6.07, 6.45) is 1.71. The number of guanidine groups is 1. The van der Waals surface area contributed by atoms with Crippen LogP contribution in [-0.2, 0) is 6.54 Å². The summed E-state index contributed by atoms with van der Waals surface area (Å²) in [4.78, 5) is 4.34. The molecule has 0 saturated heterocycles. The van der Waals surface area contributed by atoms with Gasteiger partial charge in [-0.2, -0.15) is 0 Å². The molecule has 0 aliphatic rings. The minimum atomic E-state index is 0.375. The molecule has 0 bridgehead atoms. The molecule has 4 nitrogen and oxygen atoms in total. The monoisotopic (exact) mass is 281 g/mol. The van der Waals surface area contributed by atoms with Crippen LogP contribution in [0.1, 0.15) is 5.56 Å². The summed E-state index contributed by atoms with van der Waals surface area (Å²) in [6.45, 7) is 4.57. The molecule has 4 heteroatoms. The van der Waals surface area contributed by atoms with E-state index in [0.717, 1.165) is 17.0 Å². The maximum atomic E-state index is 5.89. The van der Waals surface area contributed by atoms with Gasteiger partial charge in [0.1, 0.15) is 12.4 Å². The number of rotatable bonds is 6.